The van der Waals surface area contributed by atoms with Gasteiger partial charge in [-0.3, -0.25) is 4.79 Å². The van der Waals surface area contributed by atoms with Crippen molar-refractivity contribution in [2.45, 2.75) is 37.9 Å². The predicted octanol–water partition coefficient (Wildman–Crippen LogP) is 1.38. The van der Waals surface area contributed by atoms with Gasteiger partial charge < -0.3 is 15.1 Å². The van der Waals surface area contributed by atoms with Crippen molar-refractivity contribution in [1.82, 2.24) is 4.90 Å². The van der Waals surface area contributed by atoms with Crippen molar-refractivity contribution in [1.29, 1.82) is 0 Å². The van der Waals surface area contributed by atoms with Crippen molar-refractivity contribution >= 4 is 5.91 Å². The van der Waals surface area contributed by atoms with E-state index in [0.717, 1.165) is 5.56 Å². The average molecular weight is 289 g/mol. The van der Waals surface area contributed by atoms with Crippen molar-refractivity contribution in [2.75, 3.05) is 13.1 Å². The first-order valence-electron chi connectivity index (χ1n) is 7.76. The fourth-order valence-electron chi connectivity index (χ4n) is 3.75. The Bertz CT molecular complexity index is 486. The highest BCUT2D eigenvalue weighted by Gasteiger charge is 2.43. The van der Waals surface area contributed by atoms with Crippen molar-refractivity contribution < 1.29 is 15.0 Å². The number of carbonyl (C=O) groups is 1. The monoisotopic (exact) mass is 289 g/mol. The number of amides is 1. The van der Waals surface area contributed by atoms with E-state index in [0.29, 0.717) is 37.8 Å². The molecule has 0 unspecified atom stereocenters. The summed E-state index contributed by atoms with van der Waals surface area (Å²) in [4.78, 5) is 14.6. The lowest BCUT2D eigenvalue weighted by Crippen LogP contribution is -2.38. The Morgan fingerprint density at radius 2 is 1.62 bits per heavy atom. The Balaban J connectivity index is 1.67. The van der Waals surface area contributed by atoms with Crippen LogP contribution in [0.15, 0.2) is 30.3 Å². The Kier molecular flexibility index (Phi) is 4.00. The second-order valence-corrected chi connectivity index (χ2v) is 6.50. The van der Waals surface area contributed by atoms with Crippen LogP contribution >= 0.6 is 0 Å². The lowest BCUT2D eigenvalue weighted by Gasteiger charge is -2.31. The molecule has 4 heteroatoms. The van der Waals surface area contributed by atoms with E-state index in [1.807, 2.05) is 42.2 Å². The van der Waals surface area contributed by atoms with Crippen LogP contribution in [0.4, 0.5) is 0 Å². The first kappa shape index (κ1) is 14.5. The first-order valence-corrected chi connectivity index (χ1v) is 7.76. The highest BCUT2D eigenvalue weighted by atomic mass is 16.3. The number of carbonyl (C=O) groups excluding carboxylic acids is 1. The SMILES string of the molecule is C[C@@H](C(=O)N1C[C@H]2C[C@H](O)[C@H](O)C[C@H]2C1)c1ccccc1. The lowest BCUT2D eigenvalue weighted by atomic mass is 9.79. The molecule has 114 valence electrons. The van der Waals surface area contributed by atoms with Crippen LogP contribution in [0.5, 0.6) is 0 Å². The third kappa shape index (κ3) is 2.83. The summed E-state index contributed by atoms with van der Waals surface area (Å²) in [6.45, 7) is 3.37. The van der Waals surface area contributed by atoms with Gasteiger partial charge in [0.25, 0.3) is 0 Å². The van der Waals surface area contributed by atoms with E-state index < -0.39 is 12.2 Å². The smallest absolute Gasteiger partial charge is 0.229 e. The minimum absolute atomic E-state index is 0.138. The fourth-order valence-corrected chi connectivity index (χ4v) is 3.75. The average Bonchev–Trinajstić information content (AvgIpc) is 2.90. The Morgan fingerprint density at radius 3 is 2.14 bits per heavy atom. The zero-order valence-electron chi connectivity index (χ0n) is 12.4. The molecular weight excluding hydrogens is 266 g/mol. The van der Waals surface area contributed by atoms with Gasteiger partial charge in [-0.2, -0.15) is 0 Å². The van der Waals surface area contributed by atoms with Gasteiger partial charge in [-0.25, -0.2) is 0 Å². The van der Waals surface area contributed by atoms with Crippen molar-refractivity contribution in [3.8, 4) is 0 Å². The highest BCUT2D eigenvalue weighted by molar-refractivity contribution is 5.83. The van der Waals surface area contributed by atoms with Crippen LogP contribution < -0.4 is 0 Å². The van der Waals surface area contributed by atoms with Gasteiger partial charge in [-0.05, 0) is 37.2 Å². The molecule has 1 aromatic carbocycles. The van der Waals surface area contributed by atoms with E-state index in [1.54, 1.807) is 0 Å². The van der Waals surface area contributed by atoms with E-state index in [-0.39, 0.29) is 11.8 Å². The van der Waals surface area contributed by atoms with Gasteiger partial charge in [-0.15, -0.1) is 0 Å². The van der Waals surface area contributed by atoms with E-state index in [1.165, 1.54) is 0 Å². The zero-order chi connectivity index (χ0) is 15.0. The molecule has 3 rings (SSSR count). The number of rotatable bonds is 2. The summed E-state index contributed by atoms with van der Waals surface area (Å²) in [5.74, 6) is 0.673. The molecule has 2 fully saturated rings. The van der Waals surface area contributed by atoms with E-state index in [9.17, 15) is 15.0 Å². The molecule has 1 amide bonds. The standard InChI is InChI=1S/C17H23NO3/c1-11(12-5-3-2-4-6-12)17(21)18-9-13-7-15(19)16(20)8-14(13)10-18/h2-6,11,13-16,19-20H,7-10H2,1H3/t11-,13-,14+,15+,16-/m1/s1. The molecule has 1 aliphatic carbocycles. The molecule has 1 heterocycles. The van der Waals surface area contributed by atoms with Crippen LogP contribution in [0, 0.1) is 11.8 Å². The van der Waals surface area contributed by atoms with Crippen molar-refractivity contribution in [2.24, 2.45) is 11.8 Å². The topological polar surface area (TPSA) is 60.8 Å². The summed E-state index contributed by atoms with van der Waals surface area (Å²) in [6.07, 6.45) is -0.0503. The van der Waals surface area contributed by atoms with Gasteiger partial charge in [0.15, 0.2) is 0 Å². The van der Waals surface area contributed by atoms with Crippen LogP contribution in [-0.2, 0) is 4.79 Å². The number of hydrogen-bond donors (Lipinski definition) is 2. The summed E-state index contributed by atoms with van der Waals surface area (Å²) >= 11 is 0. The predicted molar refractivity (Wildman–Crippen MR) is 79.7 cm³/mol. The quantitative estimate of drug-likeness (QED) is 0.864. The molecule has 2 aliphatic rings. The summed E-state index contributed by atoms with van der Waals surface area (Å²) in [7, 11) is 0. The van der Waals surface area contributed by atoms with E-state index in [2.05, 4.69) is 0 Å². The molecule has 1 saturated heterocycles. The molecule has 2 N–H and O–H groups in total. The van der Waals surface area contributed by atoms with Crippen LogP contribution in [0.1, 0.15) is 31.2 Å². The number of nitrogens with zero attached hydrogens (tertiary/aromatic N) is 1. The van der Waals surface area contributed by atoms with E-state index in [4.69, 9.17) is 0 Å². The van der Waals surface area contributed by atoms with Crippen LogP contribution in [0.2, 0.25) is 0 Å². The van der Waals surface area contributed by atoms with Gasteiger partial charge in [0.1, 0.15) is 0 Å². The normalized spacial score (nSPS) is 33.6. The molecule has 21 heavy (non-hydrogen) atoms. The minimum Gasteiger partial charge on any atom is -0.390 e. The molecule has 0 spiro atoms. The van der Waals surface area contributed by atoms with Crippen molar-refractivity contribution in [3.05, 3.63) is 35.9 Å². The van der Waals surface area contributed by atoms with Crippen LogP contribution in [-0.4, -0.2) is 46.3 Å². The number of benzene rings is 1. The van der Waals surface area contributed by atoms with Crippen LogP contribution in [0.3, 0.4) is 0 Å². The van der Waals surface area contributed by atoms with Gasteiger partial charge >= 0.3 is 0 Å². The molecule has 4 nitrogen and oxygen atoms in total. The first-order chi connectivity index (χ1) is 10.1. The molecule has 5 atom stereocenters. The van der Waals surface area contributed by atoms with Gasteiger partial charge in [-0.1, -0.05) is 30.3 Å². The number of aliphatic hydroxyl groups is 2. The molecule has 1 aromatic rings. The second-order valence-electron chi connectivity index (χ2n) is 6.50. The highest BCUT2D eigenvalue weighted by Crippen LogP contribution is 2.37. The number of fused-ring (bicyclic) bond motifs is 1. The molecule has 0 aromatic heterocycles. The molecule has 1 aliphatic heterocycles. The summed E-state index contributed by atoms with van der Waals surface area (Å²) in [5.41, 5.74) is 1.04. The molecule has 1 saturated carbocycles. The maximum atomic E-state index is 12.7. The summed E-state index contributed by atoms with van der Waals surface area (Å²) < 4.78 is 0. The third-order valence-electron chi connectivity index (χ3n) is 5.09. The number of likely N-dealkylation sites (tertiary alicyclic amines) is 1. The Hall–Kier alpha value is -1.39. The fraction of sp³-hybridized carbons (Fsp3) is 0.588. The minimum atomic E-state index is -0.632. The molecular formula is C17H23NO3. The summed E-state index contributed by atoms with van der Waals surface area (Å²) in [6, 6.07) is 9.83. The lowest BCUT2D eigenvalue weighted by molar-refractivity contribution is -0.131. The largest absolute Gasteiger partial charge is 0.390 e. The Labute approximate surface area is 125 Å². The number of aliphatic hydroxyl groups excluding tert-OH is 2. The number of hydrogen-bond acceptors (Lipinski definition) is 3. The maximum Gasteiger partial charge on any atom is 0.229 e. The van der Waals surface area contributed by atoms with Gasteiger partial charge in [0.2, 0.25) is 5.91 Å². The van der Waals surface area contributed by atoms with Crippen LogP contribution in [0.25, 0.3) is 0 Å². The second kappa shape index (κ2) is 5.78. The van der Waals surface area contributed by atoms with Gasteiger partial charge in [0, 0.05) is 13.1 Å². The molecule has 0 bridgehead atoms. The zero-order valence-corrected chi connectivity index (χ0v) is 12.4. The van der Waals surface area contributed by atoms with E-state index >= 15 is 0 Å². The van der Waals surface area contributed by atoms with Crippen molar-refractivity contribution in [3.63, 3.8) is 0 Å². The maximum absolute atomic E-state index is 12.7. The third-order valence-corrected chi connectivity index (χ3v) is 5.09. The Morgan fingerprint density at radius 1 is 1.10 bits per heavy atom. The summed E-state index contributed by atoms with van der Waals surface area (Å²) in [5, 5.41) is 19.6. The molecule has 0 radical (unpaired) electrons. The van der Waals surface area contributed by atoms with Gasteiger partial charge in [0.05, 0.1) is 18.1 Å².